The van der Waals surface area contributed by atoms with Gasteiger partial charge in [-0.05, 0) is 62.1 Å². The summed E-state index contributed by atoms with van der Waals surface area (Å²) in [6.07, 6.45) is 6.52. The molecule has 1 fully saturated rings. The van der Waals surface area contributed by atoms with Crippen LogP contribution in [0.15, 0.2) is 36.4 Å². The zero-order valence-electron chi connectivity index (χ0n) is 18.7. The van der Waals surface area contributed by atoms with Gasteiger partial charge in [0.2, 0.25) is 0 Å². The molecule has 3 aliphatic rings. The number of benzene rings is 2. The quantitative estimate of drug-likeness (QED) is 0.595. The summed E-state index contributed by atoms with van der Waals surface area (Å²) in [5.41, 5.74) is 6.01. The number of amides is 3. The fraction of sp³-hybridized carbons (Fsp3) is 0.370. The summed E-state index contributed by atoms with van der Waals surface area (Å²) in [5.74, 6) is -0.677. The summed E-state index contributed by atoms with van der Waals surface area (Å²) in [7, 11) is 0. The number of nitrogens with zero attached hydrogens (tertiary/aromatic N) is 1. The van der Waals surface area contributed by atoms with E-state index < -0.39 is 0 Å². The van der Waals surface area contributed by atoms with Gasteiger partial charge in [0.15, 0.2) is 0 Å². The molecule has 1 atom stereocenters. The molecule has 33 heavy (non-hydrogen) atoms. The third-order valence-corrected chi connectivity index (χ3v) is 7.51. The molecule has 6 heteroatoms. The number of hydrogen-bond donors (Lipinski definition) is 2. The number of H-pyrrole nitrogens is 1. The van der Waals surface area contributed by atoms with E-state index in [0.29, 0.717) is 16.7 Å². The van der Waals surface area contributed by atoms with Gasteiger partial charge in [0.1, 0.15) is 0 Å². The molecule has 1 aliphatic heterocycles. The van der Waals surface area contributed by atoms with Crippen molar-refractivity contribution in [2.24, 2.45) is 0 Å². The van der Waals surface area contributed by atoms with Crippen molar-refractivity contribution in [3.8, 4) is 0 Å². The molecule has 2 N–H and O–H groups in total. The van der Waals surface area contributed by atoms with E-state index in [9.17, 15) is 14.4 Å². The molecule has 0 bridgehead atoms. The van der Waals surface area contributed by atoms with Gasteiger partial charge >= 0.3 is 0 Å². The molecule has 2 aromatic carbocycles. The monoisotopic (exact) mass is 441 g/mol. The summed E-state index contributed by atoms with van der Waals surface area (Å²) in [5, 5.41) is 4.36. The Balaban J connectivity index is 1.19. The van der Waals surface area contributed by atoms with Gasteiger partial charge in [-0.1, -0.05) is 30.9 Å². The van der Waals surface area contributed by atoms with Gasteiger partial charge < -0.3 is 10.3 Å². The Hall–Kier alpha value is -3.41. The molecule has 2 aliphatic carbocycles. The third-order valence-electron chi connectivity index (χ3n) is 7.51. The van der Waals surface area contributed by atoms with Crippen molar-refractivity contribution >= 4 is 28.6 Å². The number of carbonyl (C=O) groups excluding carboxylic acids is 3. The second-order valence-corrected chi connectivity index (χ2v) is 9.74. The van der Waals surface area contributed by atoms with Crippen molar-refractivity contribution in [1.29, 1.82) is 0 Å². The lowest BCUT2D eigenvalue weighted by molar-refractivity contribution is 0.0548. The SMILES string of the molecule is Cc1ccc2[nH]c3c(c2c1)CC(NC(=O)c1ccc2c(c1)C(=O)N(C1CCCCC1)C2=O)C3. The van der Waals surface area contributed by atoms with Crippen LogP contribution in [0.25, 0.3) is 10.9 Å². The maximum Gasteiger partial charge on any atom is 0.261 e. The summed E-state index contributed by atoms with van der Waals surface area (Å²) in [6, 6.07) is 11.3. The van der Waals surface area contributed by atoms with Gasteiger partial charge in [-0.15, -0.1) is 0 Å². The number of imide groups is 1. The highest BCUT2D eigenvalue weighted by atomic mass is 16.2. The molecule has 168 valence electrons. The van der Waals surface area contributed by atoms with Crippen LogP contribution in [-0.2, 0) is 12.8 Å². The molecule has 3 amide bonds. The second-order valence-electron chi connectivity index (χ2n) is 9.74. The van der Waals surface area contributed by atoms with Crippen molar-refractivity contribution in [1.82, 2.24) is 15.2 Å². The average molecular weight is 442 g/mol. The minimum Gasteiger partial charge on any atom is -0.358 e. The topological polar surface area (TPSA) is 82.3 Å². The van der Waals surface area contributed by atoms with E-state index in [2.05, 4.69) is 35.4 Å². The van der Waals surface area contributed by atoms with Gasteiger partial charge in [-0.25, -0.2) is 0 Å². The molecule has 0 spiro atoms. The molecule has 1 saturated carbocycles. The van der Waals surface area contributed by atoms with Crippen LogP contribution in [0, 0.1) is 6.92 Å². The van der Waals surface area contributed by atoms with Gasteiger partial charge in [0.05, 0.1) is 11.1 Å². The summed E-state index contributed by atoms with van der Waals surface area (Å²) >= 11 is 0. The summed E-state index contributed by atoms with van der Waals surface area (Å²) in [4.78, 5) is 43.9. The van der Waals surface area contributed by atoms with E-state index in [0.717, 1.165) is 50.5 Å². The lowest BCUT2D eigenvalue weighted by Crippen LogP contribution is -2.40. The van der Waals surface area contributed by atoms with Crippen LogP contribution >= 0.6 is 0 Å². The first-order valence-electron chi connectivity index (χ1n) is 11.9. The molecule has 0 radical (unpaired) electrons. The van der Waals surface area contributed by atoms with Gasteiger partial charge in [0, 0.05) is 40.7 Å². The lowest BCUT2D eigenvalue weighted by atomic mass is 9.94. The van der Waals surface area contributed by atoms with Gasteiger partial charge in [0.25, 0.3) is 17.7 Å². The van der Waals surface area contributed by atoms with Crippen LogP contribution in [0.3, 0.4) is 0 Å². The Morgan fingerprint density at radius 1 is 0.970 bits per heavy atom. The van der Waals surface area contributed by atoms with E-state index >= 15 is 0 Å². The number of nitrogens with one attached hydrogen (secondary N) is 2. The molecular formula is C27H27N3O3. The molecular weight excluding hydrogens is 414 g/mol. The van der Waals surface area contributed by atoms with Crippen LogP contribution in [0.1, 0.15) is 80.0 Å². The van der Waals surface area contributed by atoms with E-state index in [1.54, 1.807) is 18.2 Å². The van der Waals surface area contributed by atoms with E-state index in [1.807, 2.05) is 0 Å². The Morgan fingerprint density at radius 3 is 2.58 bits per heavy atom. The maximum atomic E-state index is 13.1. The number of aromatic amines is 1. The standard InChI is InChI=1S/C27H27N3O3/c1-15-7-10-23-20(11-15)21-13-17(14-24(21)29-23)28-25(31)16-8-9-19-22(12-16)27(33)30(26(19)32)18-5-3-2-4-6-18/h7-12,17-18,29H,2-6,13-14H2,1H3,(H,28,31). The number of rotatable bonds is 3. The number of fused-ring (bicyclic) bond motifs is 4. The normalized spacial score (nSPS) is 20.4. The minimum atomic E-state index is -0.255. The van der Waals surface area contributed by atoms with Gasteiger partial charge in [-0.2, -0.15) is 0 Å². The Bertz CT molecular complexity index is 1320. The van der Waals surface area contributed by atoms with E-state index in [1.165, 1.54) is 27.1 Å². The highest BCUT2D eigenvalue weighted by Gasteiger charge is 2.40. The summed E-state index contributed by atoms with van der Waals surface area (Å²) < 4.78 is 0. The third kappa shape index (κ3) is 3.27. The van der Waals surface area contributed by atoms with Crippen molar-refractivity contribution < 1.29 is 14.4 Å². The van der Waals surface area contributed by atoms with Crippen molar-refractivity contribution in [2.45, 2.75) is 64.0 Å². The Kier molecular flexibility index (Phi) is 4.64. The predicted molar refractivity (Wildman–Crippen MR) is 126 cm³/mol. The number of carbonyl (C=O) groups is 3. The van der Waals surface area contributed by atoms with Crippen LogP contribution < -0.4 is 5.32 Å². The first-order chi connectivity index (χ1) is 16.0. The number of hydrogen-bond acceptors (Lipinski definition) is 3. The van der Waals surface area contributed by atoms with Gasteiger partial charge in [-0.3, -0.25) is 19.3 Å². The zero-order chi connectivity index (χ0) is 22.7. The predicted octanol–water partition coefficient (Wildman–Crippen LogP) is 4.30. The second kappa shape index (κ2) is 7.58. The first-order valence-corrected chi connectivity index (χ1v) is 11.9. The Labute approximate surface area is 192 Å². The lowest BCUT2D eigenvalue weighted by Gasteiger charge is -2.29. The summed E-state index contributed by atoms with van der Waals surface area (Å²) in [6.45, 7) is 2.09. The van der Waals surface area contributed by atoms with Crippen LogP contribution in [0.5, 0.6) is 0 Å². The molecule has 0 saturated heterocycles. The van der Waals surface area contributed by atoms with Crippen LogP contribution in [0.2, 0.25) is 0 Å². The molecule has 2 heterocycles. The molecule has 1 unspecified atom stereocenters. The molecule has 1 aromatic heterocycles. The average Bonchev–Trinajstić information content (AvgIpc) is 3.44. The van der Waals surface area contributed by atoms with Crippen molar-refractivity contribution in [2.75, 3.05) is 0 Å². The first kappa shape index (κ1) is 20.2. The minimum absolute atomic E-state index is 0.00740. The number of aryl methyl sites for hydroxylation is 1. The number of aromatic nitrogens is 1. The highest BCUT2D eigenvalue weighted by molar-refractivity contribution is 6.22. The molecule has 3 aromatic rings. The smallest absolute Gasteiger partial charge is 0.261 e. The molecule has 6 nitrogen and oxygen atoms in total. The maximum absolute atomic E-state index is 13.1. The van der Waals surface area contributed by atoms with Crippen molar-refractivity contribution in [3.63, 3.8) is 0 Å². The Morgan fingerprint density at radius 2 is 1.76 bits per heavy atom. The van der Waals surface area contributed by atoms with Crippen LogP contribution in [-0.4, -0.2) is 39.7 Å². The van der Waals surface area contributed by atoms with Crippen molar-refractivity contribution in [3.05, 3.63) is 69.9 Å². The van der Waals surface area contributed by atoms with E-state index in [-0.39, 0.29) is 29.8 Å². The fourth-order valence-electron chi connectivity index (χ4n) is 5.83. The highest BCUT2D eigenvalue weighted by Crippen LogP contribution is 2.33. The molecule has 6 rings (SSSR count). The fourth-order valence-corrected chi connectivity index (χ4v) is 5.83. The van der Waals surface area contributed by atoms with E-state index in [4.69, 9.17) is 0 Å². The zero-order valence-corrected chi connectivity index (χ0v) is 18.7. The van der Waals surface area contributed by atoms with Crippen LogP contribution in [0.4, 0.5) is 0 Å². The largest absolute Gasteiger partial charge is 0.358 e.